The first-order chi connectivity index (χ1) is 9.43. The van der Waals surface area contributed by atoms with E-state index in [1.54, 1.807) is 30.3 Å². The molecule has 0 aliphatic heterocycles. The van der Waals surface area contributed by atoms with Gasteiger partial charge in [-0.05, 0) is 46.3 Å². The molecule has 0 amide bonds. The van der Waals surface area contributed by atoms with Crippen molar-refractivity contribution < 1.29 is 9.84 Å². The highest BCUT2D eigenvalue weighted by Crippen LogP contribution is 2.40. The van der Waals surface area contributed by atoms with E-state index >= 15 is 0 Å². The van der Waals surface area contributed by atoms with E-state index in [-0.39, 0.29) is 0 Å². The third kappa shape index (κ3) is 3.31. The zero-order valence-corrected chi connectivity index (χ0v) is 15.0. The standard InChI is InChI=1S/C14H10Br2Cl2O2/c1-20-14-10(5-8(18)6-12(14)16)13(19)9-4-7(17)2-3-11(9)15/h2-6,13,19H,1H3. The topological polar surface area (TPSA) is 29.5 Å². The predicted molar refractivity (Wildman–Crippen MR) is 88.9 cm³/mol. The molecule has 0 saturated heterocycles. The molecule has 0 bridgehead atoms. The lowest BCUT2D eigenvalue weighted by Crippen LogP contribution is -2.04. The summed E-state index contributed by atoms with van der Waals surface area (Å²) in [5, 5.41) is 11.7. The molecule has 1 unspecified atom stereocenters. The molecule has 0 aromatic heterocycles. The zero-order chi connectivity index (χ0) is 14.9. The van der Waals surface area contributed by atoms with E-state index < -0.39 is 6.10 Å². The van der Waals surface area contributed by atoms with E-state index in [1.807, 2.05) is 0 Å². The highest BCUT2D eigenvalue weighted by Gasteiger charge is 2.21. The molecule has 0 fully saturated rings. The van der Waals surface area contributed by atoms with Crippen LogP contribution in [0.3, 0.4) is 0 Å². The largest absolute Gasteiger partial charge is 0.495 e. The third-order valence-electron chi connectivity index (χ3n) is 2.79. The smallest absolute Gasteiger partial charge is 0.139 e. The Morgan fingerprint density at radius 3 is 2.30 bits per heavy atom. The van der Waals surface area contributed by atoms with Crippen LogP contribution in [0.2, 0.25) is 10.0 Å². The maximum Gasteiger partial charge on any atom is 0.139 e. The van der Waals surface area contributed by atoms with E-state index in [9.17, 15) is 5.11 Å². The van der Waals surface area contributed by atoms with E-state index in [0.717, 1.165) is 4.47 Å². The number of aliphatic hydroxyl groups excluding tert-OH is 1. The molecule has 0 heterocycles. The van der Waals surface area contributed by atoms with Gasteiger partial charge in [-0.15, -0.1) is 0 Å². The number of aliphatic hydroxyl groups is 1. The second-order valence-electron chi connectivity index (χ2n) is 4.08. The molecule has 2 aromatic rings. The van der Waals surface area contributed by atoms with Gasteiger partial charge in [-0.1, -0.05) is 39.1 Å². The number of ether oxygens (including phenoxy) is 1. The number of hydrogen-bond acceptors (Lipinski definition) is 2. The minimum absolute atomic E-state index is 0.505. The lowest BCUT2D eigenvalue weighted by atomic mass is 10.0. The molecule has 106 valence electrons. The fourth-order valence-corrected chi connectivity index (χ4v) is 3.53. The molecular weight excluding hydrogens is 431 g/mol. The lowest BCUT2D eigenvalue weighted by molar-refractivity contribution is 0.214. The van der Waals surface area contributed by atoms with Gasteiger partial charge in [0.1, 0.15) is 11.9 Å². The highest BCUT2D eigenvalue weighted by molar-refractivity contribution is 9.10. The number of benzene rings is 2. The molecule has 0 aliphatic carbocycles. The summed E-state index contributed by atoms with van der Waals surface area (Å²) < 4.78 is 6.77. The van der Waals surface area contributed by atoms with Gasteiger partial charge in [-0.2, -0.15) is 0 Å². The van der Waals surface area contributed by atoms with Crippen molar-refractivity contribution in [3.05, 3.63) is 60.4 Å². The van der Waals surface area contributed by atoms with Gasteiger partial charge in [0, 0.05) is 25.6 Å². The first-order valence-electron chi connectivity index (χ1n) is 5.60. The maximum atomic E-state index is 10.6. The summed E-state index contributed by atoms with van der Waals surface area (Å²) in [7, 11) is 1.54. The Labute approximate surface area is 143 Å². The summed E-state index contributed by atoms with van der Waals surface area (Å²) >= 11 is 18.8. The van der Waals surface area contributed by atoms with Gasteiger partial charge in [-0.25, -0.2) is 0 Å². The van der Waals surface area contributed by atoms with E-state index in [0.29, 0.717) is 31.4 Å². The van der Waals surface area contributed by atoms with Crippen LogP contribution in [-0.2, 0) is 0 Å². The quantitative estimate of drug-likeness (QED) is 0.672. The van der Waals surface area contributed by atoms with Crippen molar-refractivity contribution >= 4 is 55.1 Å². The van der Waals surface area contributed by atoms with Crippen LogP contribution < -0.4 is 4.74 Å². The Hall–Kier alpha value is -0.260. The predicted octanol–water partition coefficient (Wildman–Crippen LogP) is 5.61. The molecular formula is C14H10Br2Cl2O2. The third-order valence-corrected chi connectivity index (χ3v) is 4.55. The molecule has 0 saturated carbocycles. The van der Waals surface area contributed by atoms with Crippen molar-refractivity contribution in [2.45, 2.75) is 6.10 Å². The maximum absolute atomic E-state index is 10.6. The van der Waals surface area contributed by atoms with Crippen LogP contribution in [0.25, 0.3) is 0 Å². The molecule has 2 rings (SSSR count). The lowest BCUT2D eigenvalue weighted by Gasteiger charge is -2.18. The Bertz CT molecular complexity index is 647. The van der Waals surface area contributed by atoms with Gasteiger partial charge in [0.2, 0.25) is 0 Å². The number of methoxy groups -OCH3 is 1. The Morgan fingerprint density at radius 1 is 1.00 bits per heavy atom. The fraction of sp³-hybridized carbons (Fsp3) is 0.143. The Balaban J connectivity index is 2.58. The van der Waals surface area contributed by atoms with Crippen LogP contribution in [-0.4, -0.2) is 12.2 Å². The van der Waals surface area contributed by atoms with Crippen LogP contribution in [0.5, 0.6) is 5.75 Å². The Kier molecular flexibility index (Phi) is 5.37. The average molecular weight is 441 g/mol. The summed E-state index contributed by atoms with van der Waals surface area (Å²) in [5.74, 6) is 0.536. The molecule has 2 nitrogen and oxygen atoms in total. The van der Waals surface area contributed by atoms with Gasteiger partial charge in [0.25, 0.3) is 0 Å². The summed E-state index contributed by atoms with van der Waals surface area (Å²) in [4.78, 5) is 0. The van der Waals surface area contributed by atoms with Gasteiger partial charge >= 0.3 is 0 Å². The minimum atomic E-state index is -0.909. The van der Waals surface area contributed by atoms with Gasteiger partial charge in [0.05, 0.1) is 11.6 Å². The number of hydrogen-bond donors (Lipinski definition) is 1. The molecule has 2 aromatic carbocycles. The zero-order valence-electron chi connectivity index (χ0n) is 10.3. The van der Waals surface area contributed by atoms with Crippen LogP contribution in [0.1, 0.15) is 17.2 Å². The molecule has 1 N–H and O–H groups in total. The Morgan fingerprint density at radius 2 is 1.65 bits per heavy atom. The average Bonchev–Trinajstić information content (AvgIpc) is 2.40. The van der Waals surface area contributed by atoms with Crippen molar-refractivity contribution in [1.82, 2.24) is 0 Å². The summed E-state index contributed by atoms with van der Waals surface area (Å²) in [6.45, 7) is 0. The summed E-state index contributed by atoms with van der Waals surface area (Å²) in [6.07, 6.45) is -0.909. The van der Waals surface area contributed by atoms with Gasteiger partial charge in [-0.3, -0.25) is 0 Å². The number of rotatable bonds is 3. The summed E-state index contributed by atoms with van der Waals surface area (Å²) in [6, 6.07) is 8.61. The van der Waals surface area contributed by atoms with Crippen molar-refractivity contribution in [2.24, 2.45) is 0 Å². The SMILES string of the molecule is COc1c(Br)cc(Cl)cc1C(O)c1cc(Cl)ccc1Br. The molecule has 1 atom stereocenters. The molecule has 0 aliphatic rings. The molecule has 20 heavy (non-hydrogen) atoms. The van der Waals surface area contributed by atoms with E-state index in [2.05, 4.69) is 31.9 Å². The summed E-state index contributed by atoms with van der Waals surface area (Å²) in [5.41, 5.74) is 1.21. The first kappa shape index (κ1) is 16.1. The van der Waals surface area contributed by atoms with Crippen molar-refractivity contribution in [2.75, 3.05) is 7.11 Å². The van der Waals surface area contributed by atoms with E-state index in [1.165, 1.54) is 7.11 Å². The second kappa shape index (κ2) is 6.67. The molecule has 0 spiro atoms. The number of halogens is 4. The molecule has 6 heteroatoms. The normalized spacial score (nSPS) is 12.3. The van der Waals surface area contributed by atoms with Crippen LogP contribution >= 0.6 is 55.1 Å². The van der Waals surface area contributed by atoms with Crippen molar-refractivity contribution in [3.8, 4) is 5.75 Å². The van der Waals surface area contributed by atoms with Crippen LogP contribution in [0.4, 0.5) is 0 Å². The van der Waals surface area contributed by atoms with Crippen LogP contribution in [0.15, 0.2) is 39.3 Å². The first-order valence-corrected chi connectivity index (χ1v) is 7.94. The fourth-order valence-electron chi connectivity index (χ4n) is 1.89. The molecule has 0 radical (unpaired) electrons. The highest BCUT2D eigenvalue weighted by atomic mass is 79.9. The monoisotopic (exact) mass is 438 g/mol. The van der Waals surface area contributed by atoms with Crippen molar-refractivity contribution in [3.63, 3.8) is 0 Å². The van der Waals surface area contributed by atoms with Gasteiger partial charge in [0.15, 0.2) is 0 Å². The van der Waals surface area contributed by atoms with E-state index in [4.69, 9.17) is 27.9 Å². The van der Waals surface area contributed by atoms with Gasteiger partial charge < -0.3 is 9.84 Å². The van der Waals surface area contributed by atoms with Crippen LogP contribution in [0, 0.1) is 0 Å². The second-order valence-corrected chi connectivity index (χ2v) is 6.66. The van der Waals surface area contributed by atoms with Crippen molar-refractivity contribution in [1.29, 1.82) is 0 Å². The minimum Gasteiger partial charge on any atom is -0.495 e.